The number of nitriles is 1. The van der Waals surface area contributed by atoms with Gasteiger partial charge >= 0.3 is 6.18 Å². The predicted molar refractivity (Wildman–Crippen MR) is 75.8 cm³/mol. The summed E-state index contributed by atoms with van der Waals surface area (Å²) in [4.78, 5) is 13.7. The number of H-pyrrole nitrogens is 1. The van der Waals surface area contributed by atoms with Crippen LogP contribution in [-0.2, 0) is 12.6 Å². The van der Waals surface area contributed by atoms with Crippen LogP contribution in [0.5, 0.6) is 0 Å². The van der Waals surface area contributed by atoms with Gasteiger partial charge in [0.1, 0.15) is 17.7 Å². The van der Waals surface area contributed by atoms with Crippen molar-refractivity contribution in [3.63, 3.8) is 0 Å². The number of alkyl halides is 5. The standard InChI is InChI=1S/C16H9F5N2O2/c17-15(18)4-10-9(8-3-7(5-22)14(25)23-6-8)1-2-11(16(19,20)21)12(10)13(15)24/h1-3,6,13,24H,4H2,(H,23,25)/t13-/m0/s1. The number of aromatic amines is 1. The molecule has 0 fully saturated rings. The molecule has 9 heteroatoms. The molecule has 1 aromatic heterocycles. The van der Waals surface area contributed by atoms with E-state index in [0.29, 0.717) is 6.07 Å². The Morgan fingerprint density at radius 3 is 2.60 bits per heavy atom. The molecule has 0 unspecified atom stereocenters. The average molecular weight is 356 g/mol. The molecule has 25 heavy (non-hydrogen) atoms. The topological polar surface area (TPSA) is 76.9 Å². The van der Waals surface area contributed by atoms with Crippen molar-refractivity contribution in [1.29, 1.82) is 5.26 Å². The van der Waals surface area contributed by atoms with Crippen molar-refractivity contribution in [3.05, 3.63) is 57.0 Å². The first-order valence-electron chi connectivity index (χ1n) is 6.98. The molecule has 2 N–H and O–H groups in total. The number of fused-ring (bicyclic) bond motifs is 1. The molecule has 2 aromatic rings. The second kappa shape index (κ2) is 5.39. The number of hydrogen-bond acceptors (Lipinski definition) is 3. The molecule has 0 saturated heterocycles. The Bertz CT molecular complexity index is 956. The second-order valence-electron chi connectivity index (χ2n) is 5.63. The zero-order valence-corrected chi connectivity index (χ0v) is 12.3. The van der Waals surface area contributed by atoms with Crippen LogP contribution in [0.1, 0.15) is 28.4 Å². The maximum absolute atomic E-state index is 13.9. The molecule has 4 nitrogen and oxygen atoms in total. The fourth-order valence-electron chi connectivity index (χ4n) is 2.95. The van der Waals surface area contributed by atoms with E-state index < -0.39 is 41.3 Å². The summed E-state index contributed by atoms with van der Waals surface area (Å²) in [6.07, 6.45) is -7.46. The van der Waals surface area contributed by atoms with Gasteiger partial charge in [0, 0.05) is 18.2 Å². The third kappa shape index (κ3) is 2.68. The minimum atomic E-state index is -4.91. The van der Waals surface area contributed by atoms with E-state index in [1.807, 2.05) is 0 Å². The van der Waals surface area contributed by atoms with Gasteiger partial charge in [-0.25, -0.2) is 8.78 Å². The highest BCUT2D eigenvalue weighted by molar-refractivity contribution is 5.72. The van der Waals surface area contributed by atoms with E-state index in [0.717, 1.165) is 18.3 Å². The number of pyridine rings is 1. The minimum absolute atomic E-state index is 0.00743. The van der Waals surface area contributed by atoms with Gasteiger partial charge in [-0.1, -0.05) is 6.07 Å². The summed E-state index contributed by atoms with van der Waals surface area (Å²) in [7, 11) is 0. The summed E-state index contributed by atoms with van der Waals surface area (Å²) in [6, 6.07) is 4.31. The number of nitrogens with one attached hydrogen (secondary N) is 1. The number of rotatable bonds is 1. The van der Waals surface area contributed by atoms with Gasteiger partial charge in [-0.15, -0.1) is 0 Å². The van der Waals surface area contributed by atoms with Crippen LogP contribution in [-0.4, -0.2) is 16.0 Å². The predicted octanol–water partition coefficient (Wildman–Crippen LogP) is 3.16. The fourth-order valence-corrected chi connectivity index (χ4v) is 2.95. The van der Waals surface area contributed by atoms with Crippen LogP contribution in [0.15, 0.2) is 29.2 Å². The summed E-state index contributed by atoms with van der Waals surface area (Å²) >= 11 is 0. The summed E-state index contributed by atoms with van der Waals surface area (Å²) < 4.78 is 67.1. The molecule has 1 heterocycles. The molecule has 1 aromatic carbocycles. The fraction of sp³-hybridized carbons (Fsp3) is 0.250. The Balaban J connectivity index is 2.29. The van der Waals surface area contributed by atoms with Gasteiger partial charge < -0.3 is 10.1 Å². The van der Waals surface area contributed by atoms with Gasteiger partial charge in [-0.2, -0.15) is 18.4 Å². The minimum Gasteiger partial charge on any atom is -0.382 e. The van der Waals surface area contributed by atoms with Gasteiger partial charge in [-0.05, 0) is 28.8 Å². The Morgan fingerprint density at radius 1 is 1.32 bits per heavy atom. The molecule has 0 spiro atoms. The molecule has 0 bridgehead atoms. The van der Waals surface area contributed by atoms with E-state index in [-0.39, 0.29) is 22.3 Å². The van der Waals surface area contributed by atoms with Crippen LogP contribution >= 0.6 is 0 Å². The maximum atomic E-state index is 13.9. The highest BCUT2D eigenvalue weighted by atomic mass is 19.4. The Kier molecular flexibility index (Phi) is 3.69. The monoisotopic (exact) mass is 356 g/mol. The van der Waals surface area contributed by atoms with E-state index >= 15 is 0 Å². The number of nitrogens with zero attached hydrogens (tertiary/aromatic N) is 1. The molecule has 1 atom stereocenters. The lowest BCUT2D eigenvalue weighted by Crippen LogP contribution is -2.23. The van der Waals surface area contributed by atoms with Crippen LogP contribution in [0.4, 0.5) is 22.0 Å². The van der Waals surface area contributed by atoms with Gasteiger partial charge in [0.15, 0.2) is 0 Å². The van der Waals surface area contributed by atoms with Crippen molar-refractivity contribution >= 4 is 0 Å². The van der Waals surface area contributed by atoms with Crippen LogP contribution in [0, 0.1) is 11.3 Å². The first-order chi connectivity index (χ1) is 11.6. The van der Waals surface area contributed by atoms with Crippen LogP contribution < -0.4 is 5.56 Å². The van der Waals surface area contributed by atoms with Crippen LogP contribution in [0.3, 0.4) is 0 Å². The summed E-state index contributed by atoms with van der Waals surface area (Å²) in [5.74, 6) is -3.75. The van der Waals surface area contributed by atoms with E-state index in [1.54, 1.807) is 6.07 Å². The smallest absolute Gasteiger partial charge is 0.382 e. The lowest BCUT2D eigenvalue weighted by molar-refractivity contribution is -0.142. The number of benzene rings is 1. The van der Waals surface area contributed by atoms with E-state index in [1.165, 1.54) is 0 Å². The second-order valence-corrected chi connectivity index (χ2v) is 5.63. The molecule has 3 rings (SSSR count). The molecule has 0 amide bonds. The lowest BCUT2D eigenvalue weighted by Gasteiger charge is -2.18. The highest BCUT2D eigenvalue weighted by Gasteiger charge is 2.52. The van der Waals surface area contributed by atoms with E-state index in [2.05, 4.69) is 4.98 Å². The summed E-state index contributed by atoms with van der Waals surface area (Å²) in [6.45, 7) is 0. The number of halogens is 5. The van der Waals surface area contributed by atoms with Crippen molar-refractivity contribution in [1.82, 2.24) is 4.98 Å². The van der Waals surface area contributed by atoms with E-state index in [4.69, 9.17) is 5.26 Å². The SMILES string of the molecule is N#Cc1cc(-c2ccc(C(F)(F)F)c3c2CC(F)(F)[C@H]3O)c[nH]c1=O. The van der Waals surface area contributed by atoms with Gasteiger partial charge in [0.25, 0.3) is 11.5 Å². The largest absolute Gasteiger partial charge is 0.416 e. The number of aliphatic hydroxyl groups excluding tert-OH is 1. The number of aromatic nitrogens is 1. The molecule has 130 valence electrons. The van der Waals surface area contributed by atoms with Crippen molar-refractivity contribution in [2.75, 3.05) is 0 Å². The average Bonchev–Trinajstić information content (AvgIpc) is 2.76. The van der Waals surface area contributed by atoms with Crippen molar-refractivity contribution in [3.8, 4) is 17.2 Å². The first kappa shape index (κ1) is 17.1. The zero-order chi connectivity index (χ0) is 18.6. The Hall–Kier alpha value is -2.73. The number of hydrogen-bond donors (Lipinski definition) is 2. The summed E-state index contributed by atoms with van der Waals surface area (Å²) in [5.41, 5.74) is -3.49. The Morgan fingerprint density at radius 2 is 2.00 bits per heavy atom. The lowest BCUT2D eigenvalue weighted by atomic mass is 9.93. The molecule has 0 radical (unpaired) electrons. The van der Waals surface area contributed by atoms with Gasteiger partial charge in [-0.3, -0.25) is 4.79 Å². The molecule has 0 aliphatic heterocycles. The molecule has 1 aliphatic rings. The third-order valence-electron chi connectivity index (χ3n) is 4.08. The quantitative estimate of drug-likeness (QED) is 0.771. The third-order valence-corrected chi connectivity index (χ3v) is 4.08. The number of aliphatic hydroxyl groups is 1. The maximum Gasteiger partial charge on any atom is 0.416 e. The van der Waals surface area contributed by atoms with E-state index in [9.17, 15) is 31.9 Å². The van der Waals surface area contributed by atoms with Crippen molar-refractivity contribution in [2.24, 2.45) is 0 Å². The highest BCUT2D eigenvalue weighted by Crippen LogP contribution is 2.50. The Labute approximate surface area is 137 Å². The normalized spacial score (nSPS) is 18.7. The van der Waals surface area contributed by atoms with Gasteiger partial charge in [0.2, 0.25) is 0 Å². The molecule has 0 saturated carbocycles. The molecular formula is C16H9F5N2O2. The first-order valence-corrected chi connectivity index (χ1v) is 6.98. The van der Waals surface area contributed by atoms with Gasteiger partial charge in [0.05, 0.1) is 5.56 Å². The molecule has 1 aliphatic carbocycles. The van der Waals surface area contributed by atoms with Crippen LogP contribution in [0.25, 0.3) is 11.1 Å². The molecular weight excluding hydrogens is 347 g/mol. The zero-order valence-electron chi connectivity index (χ0n) is 12.3. The van der Waals surface area contributed by atoms with Crippen molar-refractivity contribution in [2.45, 2.75) is 24.6 Å². The summed E-state index contributed by atoms with van der Waals surface area (Å²) in [5, 5.41) is 18.6. The van der Waals surface area contributed by atoms with Crippen molar-refractivity contribution < 1.29 is 27.1 Å². The van der Waals surface area contributed by atoms with Crippen LogP contribution in [0.2, 0.25) is 0 Å².